The van der Waals surface area contributed by atoms with Crippen LogP contribution in [-0.4, -0.2) is 46.9 Å². The van der Waals surface area contributed by atoms with Crippen molar-refractivity contribution in [3.05, 3.63) is 85.1 Å². The molecule has 0 aliphatic heterocycles. The molecule has 0 spiro atoms. The van der Waals surface area contributed by atoms with E-state index in [0.29, 0.717) is 19.3 Å². The zero-order chi connectivity index (χ0) is 43.8. The highest BCUT2D eigenvalue weighted by Gasteiger charge is 2.23. The minimum Gasteiger partial charge on any atom is -0.458 e. The Labute approximate surface area is 370 Å². The van der Waals surface area contributed by atoms with E-state index >= 15 is 0 Å². The van der Waals surface area contributed by atoms with Crippen molar-refractivity contribution in [1.29, 1.82) is 0 Å². The molecule has 0 saturated carbocycles. The normalized spacial score (nSPS) is 14.0. The highest BCUT2D eigenvalue weighted by atomic mass is 16.5. The Kier molecular flexibility index (Phi) is 44.8. The van der Waals surface area contributed by atoms with Crippen LogP contribution in [0.2, 0.25) is 0 Å². The van der Waals surface area contributed by atoms with Crippen LogP contribution in [0.5, 0.6) is 0 Å². The number of aliphatic hydroxyl groups is 2. The Hall–Kier alpha value is -2.96. The predicted octanol–water partition coefficient (Wildman–Crippen LogP) is 14.8. The van der Waals surface area contributed by atoms with Crippen LogP contribution in [0, 0.1) is 0 Å². The van der Waals surface area contributed by atoms with Gasteiger partial charge in [0.05, 0.1) is 25.2 Å². The van der Waals surface area contributed by atoms with Crippen molar-refractivity contribution in [3.63, 3.8) is 0 Å². The van der Waals surface area contributed by atoms with E-state index in [0.717, 1.165) is 83.5 Å². The molecule has 0 heterocycles. The number of rotatable bonds is 43. The third-order valence-corrected chi connectivity index (χ3v) is 10.7. The number of esters is 1. The molecule has 3 N–H and O–H groups in total. The molecule has 0 fully saturated rings. The van der Waals surface area contributed by atoms with E-state index in [1.165, 1.54) is 89.9 Å². The number of amides is 1. The number of carbonyl (C=O) groups excluding carboxylic acids is 2. The largest absolute Gasteiger partial charge is 0.458 e. The van der Waals surface area contributed by atoms with Gasteiger partial charge in [-0.3, -0.25) is 9.59 Å². The second-order valence-corrected chi connectivity index (χ2v) is 16.5. The molecule has 0 bridgehead atoms. The van der Waals surface area contributed by atoms with Crippen LogP contribution in [0.4, 0.5) is 0 Å². The molecule has 0 aliphatic carbocycles. The maximum Gasteiger partial charge on any atom is 0.306 e. The van der Waals surface area contributed by atoms with E-state index < -0.39 is 18.2 Å². The molecule has 0 radical (unpaired) electrons. The fraction of sp³-hybridized carbons (Fsp3) is 0.704. The van der Waals surface area contributed by atoms with Crippen molar-refractivity contribution in [2.24, 2.45) is 0 Å². The van der Waals surface area contributed by atoms with Crippen molar-refractivity contribution in [2.45, 2.75) is 238 Å². The molecule has 344 valence electrons. The highest BCUT2D eigenvalue weighted by molar-refractivity contribution is 5.78. The number of aliphatic hydroxyl groups excluding tert-OH is 2. The first-order chi connectivity index (χ1) is 29.5. The average molecular weight is 836 g/mol. The molecule has 3 atom stereocenters. The fourth-order valence-corrected chi connectivity index (χ4v) is 6.97. The van der Waals surface area contributed by atoms with Gasteiger partial charge in [-0.2, -0.15) is 0 Å². The van der Waals surface area contributed by atoms with Gasteiger partial charge in [0.25, 0.3) is 0 Å². The average Bonchev–Trinajstić information content (AvgIpc) is 3.24. The zero-order valence-electron chi connectivity index (χ0n) is 39.1. The van der Waals surface area contributed by atoms with Crippen LogP contribution in [0.15, 0.2) is 85.1 Å². The monoisotopic (exact) mass is 836 g/mol. The molecule has 60 heavy (non-hydrogen) atoms. The van der Waals surface area contributed by atoms with E-state index in [1.54, 1.807) is 6.08 Å². The summed E-state index contributed by atoms with van der Waals surface area (Å²) in [5.74, 6) is -0.652. The topological polar surface area (TPSA) is 95.9 Å². The van der Waals surface area contributed by atoms with E-state index in [2.05, 4.69) is 99.0 Å². The molecule has 0 rings (SSSR count). The maximum atomic E-state index is 13.1. The first-order valence-corrected chi connectivity index (χ1v) is 24.8. The Morgan fingerprint density at radius 1 is 0.533 bits per heavy atom. The third kappa shape index (κ3) is 41.8. The van der Waals surface area contributed by atoms with Crippen molar-refractivity contribution < 1.29 is 24.5 Å². The number of nitrogens with one attached hydrogen (secondary N) is 1. The van der Waals surface area contributed by atoms with Gasteiger partial charge in [0.2, 0.25) is 5.91 Å². The minimum absolute atomic E-state index is 0.0560. The summed E-state index contributed by atoms with van der Waals surface area (Å²) in [7, 11) is 0. The molecular weight excluding hydrogens is 743 g/mol. The number of hydrogen-bond donors (Lipinski definition) is 3. The molecule has 0 aromatic heterocycles. The van der Waals surface area contributed by atoms with Gasteiger partial charge in [0.1, 0.15) is 6.10 Å². The van der Waals surface area contributed by atoms with E-state index in [1.807, 2.05) is 6.08 Å². The van der Waals surface area contributed by atoms with Crippen LogP contribution in [0.1, 0.15) is 220 Å². The third-order valence-electron chi connectivity index (χ3n) is 10.7. The Balaban J connectivity index is 4.75. The predicted molar refractivity (Wildman–Crippen MR) is 259 cm³/mol. The van der Waals surface area contributed by atoms with Crippen LogP contribution < -0.4 is 5.32 Å². The van der Waals surface area contributed by atoms with Gasteiger partial charge in [0.15, 0.2) is 0 Å². The molecule has 0 aromatic carbocycles. The van der Waals surface area contributed by atoms with Gasteiger partial charge in [-0.05, 0) is 76.7 Å². The first-order valence-electron chi connectivity index (χ1n) is 24.8. The molecule has 6 heteroatoms. The van der Waals surface area contributed by atoms with Crippen LogP contribution >= 0.6 is 0 Å². The summed E-state index contributed by atoms with van der Waals surface area (Å²) in [6.07, 6.45) is 61.1. The Morgan fingerprint density at radius 2 is 0.967 bits per heavy atom. The van der Waals surface area contributed by atoms with Gasteiger partial charge in [-0.15, -0.1) is 0 Å². The van der Waals surface area contributed by atoms with E-state index in [9.17, 15) is 19.8 Å². The summed E-state index contributed by atoms with van der Waals surface area (Å²) in [5.41, 5.74) is 0. The number of carbonyl (C=O) groups is 2. The van der Waals surface area contributed by atoms with Crippen LogP contribution in [0.3, 0.4) is 0 Å². The lowest BCUT2D eigenvalue weighted by atomic mass is 10.0. The van der Waals surface area contributed by atoms with Gasteiger partial charge in [-0.25, -0.2) is 0 Å². The summed E-state index contributed by atoms with van der Waals surface area (Å²) >= 11 is 0. The molecule has 0 saturated heterocycles. The second-order valence-electron chi connectivity index (χ2n) is 16.5. The smallest absolute Gasteiger partial charge is 0.306 e. The van der Waals surface area contributed by atoms with Gasteiger partial charge < -0.3 is 20.3 Å². The number of allylic oxidation sites excluding steroid dienone is 13. The molecule has 6 nitrogen and oxygen atoms in total. The summed E-state index contributed by atoms with van der Waals surface area (Å²) in [6.45, 7) is 6.29. The fourth-order valence-electron chi connectivity index (χ4n) is 6.97. The molecular formula is C54H93NO5. The molecule has 0 aromatic rings. The SMILES string of the molecule is CC/C=C/C/C=C/C/C=C/C/C=C/C/C=C/C(CC(=O)NC(CO)C(O)CCCCCCCCCCC)OC(=O)CCCCCCC/C=C/C=C/CCCCCCCCC. The molecule has 1 amide bonds. The van der Waals surface area contributed by atoms with Crippen LogP contribution in [-0.2, 0) is 14.3 Å². The first kappa shape index (κ1) is 57.0. The quantitative estimate of drug-likeness (QED) is 0.0246. The summed E-state index contributed by atoms with van der Waals surface area (Å²) < 4.78 is 5.80. The lowest BCUT2D eigenvalue weighted by Gasteiger charge is -2.23. The Morgan fingerprint density at radius 3 is 1.45 bits per heavy atom. The minimum atomic E-state index is -0.824. The van der Waals surface area contributed by atoms with Crippen molar-refractivity contribution >= 4 is 11.9 Å². The highest BCUT2D eigenvalue weighted by Crippen LogP contribution is 2.15. The van der Waals surface area contributed by atoms with E-state index in [4.69, 9.17) is 4.74 Å². The van der Waals surface area contributed by atoms with Gasteiger partial charge in [0, 0.05) is 6.42 Å². The molecule has 3 unspecified atom stereocenters. The number of hydrogen-bond acceptors (Lipinski definition) is 5. The summed E-state index contributed by atoms with van der Waals surface area (Å²) in [5, 5.41) is 23.6. The maximum absolute atomic E-state index is 13.1. The standard InChI is InChI=1S/C54H93NO5/c1-4-7-10-13-16-19-21-23-25-26-27-28-30-32-35-38-41-44-47-54(59)60-50(45-42-39-36-34-31-29-24-22-20-17-14-11-8-5-2)48-53(58)55-51(49-56)52(57)46-43-40-37-33-18-15-12-9-6-3/h8,11,17,20,24-29,34,36,42,45,50-52,56-57H,4-7,9-10,12-16,18-19,21-23,30-33,35,37-41,43-44,46-49H2,1-3H3,(H,55,58)/b11-8+,20-17+,26-25+,28-27+,29-24+,36-34+,45-42+. The zero-order valence-corrected chi connectivity index (χ0v) is 39.1. The van der Waals surface area contributed by atoms with Crippen LogP contribution in [0.25, 0.3) is 0 Å². The lowest BCUT2D eigenvalue weighted by Crippen LogP contribution is -2.46. The lowest BCUT2D eigenvalue weighted by molar-refractivity contribution is -0.148. The van der Waals surface area contributed by atoms with E-state index in [-0.39, 0.29) is 24.9 Å². The van der Waals surface area contributed by atoms with Gasteiger partial charge >= 0.3 is 5.97 Å². The number of unbranched alkanes of at least 4 members (excludes halogenated alkanes) is 20. The Bertz CT molecular complexity index is 1160. The number of ether oxygens (including phenoxy) is 1. The summed E-state index contributed by atoms with van der Waals surface area (Å²) in [6, 6.07) is -0.747. The van der Waals surface area contributed by atoms with Gasteiger partial charge in [-0.1, -0.05) is 215 Å². The van der Waals surface area contributed by atoms with Crippen molar-refractivity contribution in [3.8, 4) is 0 Å². The van der Waals surface area contributed by atoms with Crippen molar-refractivity contribution in [1.82, 2.24) is 5.32 Å². The molecule has 0 aliphatic rings. The second kappa shape index (κ2) is 47.1. The summed E-state index contributed by atoms with van der Waals surface area (Å²) in [4.78, 5) is 26.0. The van der Waals surface area contributed by atoms with Crippen molar-refractivity contribution in [2.75, 3.05) is 6.61 Å².